The van der Waals surface area contributed by atoms with Gasteiger partial charge in [0.2, 0.25) is 0 Å². The van der Waals surface area contributed by atoms with Crippen LogP contribution in [0.5, 0.6) is 0 Å². The van der Waals surface area contributed by atoms with E-state index in [9.17, 15) is 0 Å². The summed E-state index contributed by atoms with van der Waals surface area (Å²) in [6.45, 7) is 4.28. The van der Waals surface area contributed by atoms with Crippen LogP contribution < -0.4 is 15.0 Å². The molecule has 0 aliphatic heterocycles. The highest BCUT2D eigenvalue weighted by molar-refractivity contribution is 6.16. The molecule has 0 amide bonds. The van der Waals surface area contributed by atoms with E-state index >= 15 is 0 Å². The first-order chi connectivity index (χ1) is 37.5. The second kappa shape index (κ2) is 16.3. The van der Waals surface area contributed by atoms with Gasteiger partial charge in [0.1, 0.15) is 11.2 Å². The van der Waals surface area contributed by atoms with Gasteiger partial charge in [-0.25, -0.2) is 0 Å². The maximum absolute atomic E-state index is 6.71. The molecule has 0 bridgehead atoms. The van der Waals surface area contributed by atoms with Crippen LogP contribution in [0, 0.1) is 13.8 Å². The summed E-state index contributed by atoms with van der Waals surface area (Å²) in [6.07, 6.45) is 5.76. The Morgan fingerprint density at radius 3 is 1.45 bits per heavy atom. The van der Waals surface area contributed by atoms with Gasteiger partial charge in [-0.15, -0.1) is 0 Å². The number of hydrogen-bond acceptors (Lipinski definition) is 4. The van der Waals surface area contributed by atoms with E-state index in [1.165, 1.54) is 71.1 Å². The van der Waals surface area contributed by atoms with Crippen molar-refractivity contribution in [3.8, 4) is 0 Å². The van der Waals surface area contributed by atoms with Gasteiger partial charge in [-0.3, -0.25) is 0 Å². The minimum atomic E-state index is 0.828. The van der Waals surface area contributed by atoms with E-state index in [-0.39, 0.29) is 0 Å². The lowest BCUT2D eigenvalue weighted by Gasteiger charge is -2.26. The van der Waals surface area contributed by atoms with Crippen molar-refractivity contribution in [2.75, 3.05) is 9.80 Å². The molecule has 0 radical (unpaired) electrons. The quantitative estimate of drug-likeness (QED) is 0.159. The summed E-state index contributed by atoms with van der Waals surface area (Å²) in [5.41, 5.74) is 19.6. The van der Waals surface area contributed by atoms with Gasteiger partial charge in [-0.2, -0.15) is 0 Å². The zero-order chi connectivity index (χ0) is 50.2. The first-order valence-corrected chi connectivity index (χ1v) is 26.2. The Kier molecular flexibility index (Phi) is 9.16. The van der Waals surface area contributed by atoms with Gasteiger partial charge >= 0.3 is 0 Å². The van der Waals surface area contributed by atoms with E-state index in [2.05, 4.69) is 253 Å². The number of rotatable bonds is 7. The SMILES string of the molecule is Cc1ccc(N(c2ccc3cc4c5c6c(c7cc8ccc(N(c9ccc(C)cc9)c9cccc%10c9oc9ccccc9%10)cc8cc7n6c4cc3c2)=CCC(c2ccccc2)=C5)c2cccc3c2oc2ccccc23)cc1. The minimum Gasteiger partial charge on any atom is -0.454 e. The fraction of sp³-hybridized carbons (Fsp3) is 0.0423. The number of nitrogens with zero attached hydrogens (tertiary/aromatic N) is 3. The van der Waals surface area contributed by atoms with Crippen molar-refractivity contribution in [3.05, 3.63) is 252 Å². The number of aromatic nitrogens is 1. The summed E-state index contributed by atoms with van der Waals surface area (Å²) in [4.78, 5) is 4.70. The largest absolute Gasteiger partial charge is 0.454 e. The Hall–Kier alpha value is -9.84. The van der Waals surface area contributed by atoms with Crippen molar-refractivity contribution >= 4 is 145 Å². The minimum absolute atomic E-state index is 0.828. The van der Waals surface area contributed by atoms with Crippen LogP contribution >= 0.6 is 0 Å². The van der Waals surface area contributed by atoms with Crippen LogP contribution in [0.4, 0.5) is 34.1 Å². The molecule has 5 nitrogen and oxygen atoms in total. The van der Waals surface area contributed by atoms with Gasteiger partial charge in [-0.05, 0) is 156 Å². The number of para-hydroxylation sites is 4. The molecule has 1 aliphatic rings. The van der Waals surface area contributed by atoms with Crippen molar-refractivity contribution in [1.29, 1.82) is 0 Å². The Bertz CT molecular complexity index is 4980. The summed E-state index contributed by atoms with van der Waals surface area (Å²) in [6, 6.07) is 81.7. The molecule has 4 aromatic heterocycles. The molecule has 11 aromatic carbocycles. The molecule has 0 saturated heterocycles. The third-order valence-corrected chi connectivity index (χ3v) is 16.0. The molecule has 0 fully saturated rings. The molecular weight excluding hydrogens is 927 g/mol. The van der Waals surface area contributed by atoms with Crippen molar-refractivity contribution in [2.45, 2.75) is 20.3 Å². The molecule has 16 rings (SSSR count). The fourth-order valence-electron chi connectivity index (χ4n) is 12.3. The van der Waals surface area contributed by atoms with Gasteiger partial charge in [0.05, 0.1) is 27.9 Å². The molecule has 0 N–H and O–H groups in total. The second-order valence-electron chi connectivity index (χ2n) is 20.6. The Morgan fingerprint density at radius 2 is 0.882 bits per heavy atom. The maximum atomic E-state index is 6.71. The molecule has 15 aromatic rings. The molecule has 0 saturated carbocycles. The molecule has 0 spiro atoms. The molecule has 5 heteroatoms. The summed E-state index contributed by atoms with van der Waals surface area (Å²) in [5.74, 6) is 0. The third-order valence-electron chi connectivity index (χ3n) is 16.0. The predicted molar refractivity (Wildman–Crippen MR) is 319 cm³/mol. The fourth-order valence-corrected chi connectivity index (χ4v) is 12.3. The highest BCUT2D eigenvalue weighted by Crippen LogP contribution is 2.46. The Morgan fingerprint density at radius 1 is 0.395 bits per heavy atom. The lowest BCUT2D eigenvalue weighted by molar-refractivity contribution is 0.668. The number of aryl methyl sites for hydroxylation is 2. The molecule has 0 unspecified atom stereocenters. The summed E-state index contributed by atoms with van der Waals surface area (Å²) >= 11 is 0. The smallest absolute Gasteiger partial charge is 0.159 e. The van der Waals surface area contributed by atoms with E-state index in [1.807, 2.05) is 12.1 Å². The van der Waals surface area contributed by atoms with Gasteiger partial charge in [-0.1, -0.05) is 145 Å². The van der Waals surface area contributed by atoms with Gasteiger partial charge in [0.15, 0.2) is 11.2 Å². The zero-order valence-corrected chi connectivity index (χ0v) is 41.9. The Labute approximate surface area is 437 Å². The van der Waals surface area contributed by atoms with Crippen molar-refractivity contribution < 1.29 is 8.83 Å². The number of hydrogen-bond donors (Lipinski definition) is 0. The van der Waals surface area contributed by atoms with Crippen LogP contribution in [0.3, 0.4) is 0 Å². The van der Waals surface area contributed by atoms with E-state index in [4.69, 9.17) is 8.83 Å². The summed E-state index contributed by atoms with van der Waals surface area (Å²) in [5, 5.41) is 12.9. The van der Waals surface area contributed by atoms with Gasteiger partial charge in [0.25, 0.3) is 0 Å². The van der Waals surface area contributed by atoms with Crippen LogP contribution in [0.15, 0.2) is 233 Å². The van der Waals surface area contributed by atoms with E-state index < -0.39 is 0 Å². The second-order valence-corrected chi connectivity index (χ2v) is 20.6. The zero-order valence-electron chi connectivity index (χ0n) is 41.9. The molecule has 0 atom stereocenters. The number of allylic oxidation sites excluding steroid dienone is 1. The van der Waals surface area contributed by atoms with Crippen LogP contribution in [-0.4, -0.2) is 4.40 Å². The van der Waals surface area contributed by atoms with Crippen LogP contribution in [0.1, 0.15) is 28.7 Å². The van der Waals surface area contributed by atoms with Crippen molar-refractivity contribution in [3.63, 3.8) is 0 Å². The summed E-state index contributed by atoms with van der Waals surface area (Å²) in [7, 11) is 0. The van der Waals surface area contributed by atoms with Crippen LogP contribution in [-0.2, 0) is 0 Å². The van der Waals surface area contributed by atoms with E-state index in [0.29, 0.717) is 0 Å². The van der Waals surface area contributed by atoms with Crippen LogP contribution in [0.25, 0.3) is 110 Å². The lowest BCUT2D eigenvalue weighted by atomic mass is 9.99. The molecular formula is C71H47N3O2. The average molecular weight is 974 g/mol. The monoisotopic (exact) mass is 973 g/mol. The van der Waals surface area contributed by atoms with Crippen molar-refractivity contribution in [2.24, 2.45) is 0 Å². The number of furan rings is 2. The van der Waals surface area contributed by atoms with Gasteiger partial charge < -0.3 is 23.0 Å². The van der Waals surface area contributed by atoms with E-state index in [0.717, 1.165) is 95.2 Å². The average Bonchev–Trinajstić information content (AvgIpc) is 4.34. The normalized spacial score (nSPS) is 12.7. The standard InChI is InChI=1S/C71H47N3O2/c1-43-22-29-51(30-23-43)72(63-18-10-16-58-55-14-6-8-20-67(55)75-70(58)63)53-33-26-47-38-60-57-35-28-46(45-12-4-3-5-13-45)40-62-61-39-48-27-34-54(37-50(48)42-66(61)74(69(57)62)65(60)41-49(47)36-53)73(52-31-24-44(2)25-32-52)64-19-11-17-59-56-15-7-9-21-68(56)76-71(59)64/h3-27,29-42H,28H2,1-2H3. The van der Waals surface area contributed by atoms with E-state index in [1.54, 1.807) is 0 Å². The predicted octanol–water partition coefficient (Wildman–Crippen LogP) is 19.4. The lowest BCUT2D eigenvalue weighted by Crippen LogP contribution is -2.10. The van der Waals surface area contributed by atoms with Crippen LogP contribution in [0.2, 0.25) is 0 Å². The van der Waals surface area contributed by atoms with Gasteiger partial charge in [0, 0.05) is 65.8 Å². The molecule has 1 aliphatic carbocycles. The number of fused-ring (bicyclic) bond motifs is 14. The number of benzene rings is 11. The molecule has 358 valence electrons. The molecule has 76 heavy (non-hydrogen) atoms. The maximum Gasteiger partial charge on any atom is 0.159 e. The first-order valence-electron chi connectivity index (χ1n) is 26.2. The number of anilines is 6. The summed E-state index contributed by atoms with van der Waals surface area (Å²) < 4.78 is 16.0. The Balaban J connectivity index is 0.930. The molecule has 4 heterocycles. The highest BCUT2D eigenvalue weighted by Gasteiger charge is 2.25. The topological polar surface area (TPSA) is 37.2 Å². The highest BCUT2D eigenvalue weighted by atomic mass is 16.3. The first kappa shape index (κ1) is 42.6. The third kappa shape index (κ3) is 6.45. The van der Waals surface area contributed by atoms with Crippen molar-refractivity contribution in [1.82, 2.24) is 4.40 Å².